The summed E-state index contributed by atoms with van der Waals surface area (Å²) in [5.41, 5.74) is 2.54. The number of carbonyl (C=O) groups excluding carboxylic acids is 1. The molecule has 0 amide bonds. The van der Waals surface area contributed by atoms with Crippen LogP contribution in [0.15, 0.2) is 30.5 Å². The molecular weight excluding hydrogens is 256 g/mol. The van der Waals surface area contributed by atoms with Crippen LogP contribution in [0, 0.1) is 0 Å². The summed E-state index contributed by atoms with van der Waals surface area (Å²) in [6, 6.07) is 7.93. The molecule has 0 aliphatic heterocycles. The topological polar surface area (TPSA) is 61.3 Å². The van der Waals surface area contributed by atoms with Gasteiger partial charge in [0.2, 0.25) is 11.8 Å². The van der Waals surface area contributed by atoms with E-state index in [9.17, 15) is 4.79 Å². The van der Waals surface area contributed by atoms with Crippen molar-refractivity contribution in [3.8, 4) is 11.8 Å². The highest BCUT2D eigenvalue weighted by atomic mass is 16.5. The third kappa shape index (κ3) is 1.91. The number of hydrogen-bond donors (Lipinski definition) is 0. The number of fused-ring (bicyclic) bond motifs is 1. The van der Waals surface area contributed by atoms with Crippen LogP contribution in [0.5, 0.6) is 11.8 Å². The maximum absolute atomic E-state index is 12.5. The number of aromatic nitrogens is 2. The summed E-state index contributed by atoms with van der Waals surface area (Å²) < 4.78 is 10.1. The number of ketones is 1. The van der Waals surface area contributed by atoms with Crippen LogP contribution in [0.2, 0.25) is 0 Å². The molecule has 2 aromatic rings. The molecule has 0 fully saturated rings. The number of benzene rings is 1. The predicted octanol–water partition coefficient (Wildman–Crippen LogP) is 2.02. The molecule has 1 aromatic heterocycles. The van der Waals surface area contributed by atoms with Gasteiger partial charge in [-0.05, 0) is 17.5 Å². The van der Waals surface area contributed by atoms with E-state index >= 15 is 0 Å². The molecule has 0 N–H and O–H groups in total. The molecule has 1 aliphatic rings. The summed E-state index contributed by atoms with van der Waals surface area (Å²) in [6.45, 7) is 0. The fraction of sp³-hybridized carbons (Fsp3) is 0.267. The van der Waals surface area contributed by atoms with E-state index in [-0.39, 0.29) is 23.3 Å². The van der Waals surface area contributed by atoms with Gasteiger partial charge in [0.25, 0.3) is 0 Å². The van der Waals surface area contributed by atoms with Crippen molar-refractivity contribution in [1.29, 1.82) is 0 Å². The number of ether oxygens (including phenoxy) is 2. The Labute approximate surface area is 116 Å². The number of carbonyl (C=O) groups is 1. The Morgan fingerprint density at radius 1 is 1.25 bits per heavy atom. The van der Waals surface area contributed by atoms with E-state index in [1.165, 1.54) is 26.0 Å². The summed E-state index contributed by atoms with van der Waals surface area (Å²) in [7, 11) is 2.96. The van der Waals surface area contributed by atoms with Crippen LogP contribution in [0.4, 0.5) is 0 Å². The molecule has 3 rings (SSSR count). The molecular formula is C15H14N2O3. The van der Waals surface area contributed by atoms with E-state index in [1.807, 2.05) is 24.3 Å². The largest absolute Gasteiger partial charge is 0.480 e. The highest BCUT2D eigenvalue weighted by molar-refractivity contribution is 6.02. The monoisotopic (exact) mass is 270 g/mol. The lowest BCUT2D eigenvalue weighted by Crippen LogP contribution is -2.26. The number of hydrogen-bond acceptors (Lipinski definition) is 5. The molecule has 0 saturated heterocycles. The average molecular weight is 270 g/mol. The zero-order chi connectivity index (χ0) is 14.1. The molecule has 5 nitrogen and oxygen atoms in total. The van der Waals surface area contributed by atoms with Gasteiger partial charge in [0.15, 0.2) is 11.5 Å². The molecule has 0 radical (unpaired) electrons. The van der Waals surface area contributed by atoms with Gasteiger partial charge in [-0.15, -0.1) is 0 Å². The number of rotatable bonds is 4. The van der Waals surface area contributed by atoms with E-state index in [2.05, 4.69) is 9.97 Å². The SMILES string of the molecule is COc1cnc(C(=O)C2Cc3ccccc32)c(OC)n1. The maximum Gasteiger partial charge on any atom is 0.246 e. The van der Waals surface area contributed by atoms with Crippen molar-refractivity contribution in [2.75, 3.05) is 14.2 Å². The summed E-state index contributed by atoms with van der Waals surface area (Å²) in [5, 5.41) is 0. The first-order valence-corrected chi connectivity index (χ1v) is 6.31. The van der Waals surface area contributed by atoms with Gasteiger partial charge < -0.3 is 9.47 Å². The highest BCUT2D eigenvalue weighted by Crippen LogP contribution is 2.38. The van der Waals surface area contributed by atoms with Crippen molar-refractivity contribution in [1.82, 2.24) is 9.97 Å². The van der Waals surface area contributed by atoms with Crippen LogP contribution in [0.1, 0.15) is 27.5 Å². The average Bonchev–Trinajstić information content (AvgIpc) is 2.47. The second-order valence-electron chi connectivity index (χ2n) is 4.59. The zero-order valence-electron chi connectivity index (χ0n) is 11.3. The van der Waals surface area contributed by atoms with Gasteiger partial charge in [-0.2, -0.15) is 4.98 Å². The van der Waals surface area contributed by atoms with Crippen molar-refractivity contribution in [3.05, 3.63) is 47.3 Å². The van der Waals surface area contributed by atoms with E-state index in [1.54, 1.807) is 0 Å². The normalized spacial score (nSPS) is 16.0. The van der Waals surface area contributed by atoms with Crippen molar-refractivity contribution >= 4 is 5.78 Å². The van der Waals surface area contributed by atoms with Crippen molar-refractivity contribution in [2.24, 2.45) is 0 Å². The number of nitrogens with zero attached hydrogens (tertiary/aromatic N) is 2. The fourth-order valence-electron chi connectivity index (χ4n) is 2.42. The molecule has 1 aromatic carbocycles. The third-order valence-electron chi connectivity index (χ3n) is 3.53. The quantitative estimate of drug-likeness (QED) is 0.795. The molecule has 102 valence electrons. The summed E-state index contributed by atoms with van der Waals surface area (Å²) in [6.07, 6.45) is 2.17. The molecule has 1 aliphatic carbocycles. The van der Waals surface area contributed by atoms with Crippen LogP contribution in [0.25, 0.3) is 0 Å². The Kier molecular flexibility index (Phi) is 3.10. The van der Waals surface area contributed by atoms with E-state index in [4.69, 9.17) is 9.47 Å². The predicted molar refractivity (Wildman–Crippen MR) is 72.4 cm³/mol. The minimum atomic E-state index is -0.150. The molecule has 0 bridgehead atoms. The van der Waals surface area contributed by atoms with Gasteiger partial charge in [-0.3, -0.25) is 4.79 Å². The van der Waals surface area contributed by atoms with Crippen LogP contribution in [-0.2, 0) is 6.42 Å². The van der Waals surface area contributed by atoms with Gasteiger partial charge in [0.1, 0.15) is 0 Å². The first kappa shape index (κ1) is 12.6. The Bertz CT molecular complexity index is 670. The second-order valence-corrected chi connectivity index (χ2v) is 4.59. The van der Waals surface area contributed by atoms with Gasteiger partial charge in [0, 0.05) is 0 Å². The molecule has 0 saturated carbocycles. The molecule has 20 heavy (non-hydrogen) atoms. The van der Waals surface area contributed by atoms with Crippen LogP contribution in [-0.4, -0.2) is 30.0 Å². The summed E-state index contributed by atoms with van der Waals surface area (Å²) >= 11 is 0. The van der Waals surface area contributed by atoms with Crippen LogP contribution >= 0.6 is 0 Å². The first-order chi connectivity index (χ1) is 9.74. The molecule has 1 unspecified atom stereocenters. The maximum atomic E-state index is 12.5. The summed E-state index contributed by atoms with van der Waals surface area (Å²) in [4.78, 5) is 20.8. The molecule has 1 atom stereocenters. The fourth-order valence-corrected chi connectivity index (χ4v) is 2.42. The standard InChI is InChI=1S/C15H14N2O3/c1-19-12-8-16-13(15(17-12)20-2)14(18)11-7-9-5-3-4-6-10(9)11/h3-6,8,11H,7H2,1-2H3. The minimum absolute atomic E-state index is 0.0595. The highest BCUT2D eigenvalue weighted by Gasteiger charge is 2.34. The van der Waals surface area contributed by atoms with E-state index in [0.29, 0.717) is 5.88 Å². The Hall–Kier alpha value is -2.43. The molecule has 0 spiro atoms. The van der Waals surface area contributed by atoms with Gasteiger partial charge in [-0.25, -0.2) is 4.98 Å². The zero-order valence-corrected chi connectivity index (χ0v) is 11.3. The van der Waals surface area contributed by atoms with E-state index in [0.717, 1.165) is 12.0 Å². The van der Waals surface area contributed by atoms with Crippen LogP contribution in [0.3, 0.4) is 0 Å². The Morgan fingerprint density at radius 3 is 2.75 bits per heavy atom. The van der Waals surface area contributed by atoms with Crippen molar-refractivity contribution < 1.29 is 14.3 Å². The summed E-state index contributed by atoms with van der Waals surface area (Å²) in [5.74, 6) is 0.324. The van der Waals surface area contributed by atoms with Gasteiger partial charge in [0.05, 0.1) is 26.3 Å². The lowest BCUT2D eigenvalue weighted by Gasteiger charge is -2.28. The first-order valence-electron chi connectivity index (χ1n) is 6.31. The van der Waals surface area contributed by atoms with E-state index < -0.39 is 0 Å². The Balaban J connectivity index is 1.93. The van der Waals surface area contributed by atoms with Gasteiger partial charge >= 0.3 is 0 Å². The lowest BCUT2D eigenvalue weighted by atomic mass is 9.74. The van der Waals surface area contributed by atoms with Crippen molar-refractivity contribution in [3.63, 3.8) is 0 Å². The minimum Gasteiger partial charge on any atom is -0.480 e. The second kappa shape index (κ2) is 4.92. The number of methoxy groups -OCH3 is 2. The van der Waals surface area contributed by atoms with Gasteiger partial charge in [-0.1, -0.05) is 24.3 Å². The molecule has 5 heteroatoms. The van der Waals surface area contributed by atoms with Crippen molar-refractivity contribution in [2.45, 2.75) is 12.3 Å². The Morgan fingerprint density at radius 2 is 2.05 bits per heavy atom. The smallest absolute Gasteiger partial charge is 0.246 e. The third-order valence-corrected chi connectivity index (χ3v) is 3.53. The van der Waals surface area contributed by atoms with Crippen LogP contribution < -0.4 is 9.47 Å². The lowest BCUT2D eigenvalue weighted by molar-refractivity contribution is 0.0939. The molecule has 1 heterocycles. The number of Topliss-reactive ketones (excluding diaryl/α,β-unsaturated/α-hetero) is 1.